The molecule has 7 N–H and O–H groups in total. The lowest BCUT2D eigenvalue weighted by Gasteiger charge is -2.34. The number of nitrogens with two attached hydrogens (primary N) is 2. The Balaban J connectivity index is 2.03. The summed E-state index contributed by atoms with van der Waals surface area (Å²) in [6.07, 6.45) is -1.52. The van der Waals surface area contributed by atoms with Gasteiger partial charge in [0.1, 0.15) is 0 Å². The molecule has 1 unspecified atom stereocenters. The highest BCUT2D eigenvalue weighted by Crippen LogP contribution is 2.39. The number of aliphatic hydroxyl groups is 1. The highest BCUT2D eigenvalue weighted by Gasteiger charge is 2.33. The SMILES string of the molecule is Nc1cc2c3c(cc(N)cc3c1)C(O)N(CCCP(=O)(O)O)C2=O. The average Bonchev–Trinajstić information content (AvgIpc) is 2.46. The first-order valence-corrected chi connectivity index (χ1v) is 9.13. The zero-order valence-corrected chi connectivity index (χ0v) is 13.6. The van der Waals surface area contributed by atoms with Crippen molar-refractivity contribution in [2.45, 2.75) is 12.6 Å². The molecular formula is C15H18N3O5P. The third kappa shape index (κ3) is 2.97. The van der Waals surface area contributed by atoms with Crippen molar-refractivity contribution in [3.63, 3.8) is 0 Å². The number of carbonyl (C=O) groups excluding carboxylic acids is 1. The quantitative estimate of drug-likeness (QED) is 0.407. The minimum atomic E-state index is -4.16. The number of anilines is 2. The van der Waals surface area contributed by atoms with Crippen molar-refractivity contribution in [3.8, 4) is 0 Å². The number of nitrogen functional groups attached to an aromatic ring is 2. The van der Waals surface area contributed by atoms with E-state index in [1.54, 1.807) is 18.2 Å². The van der Waals surface area contributed by atoms with Crippen molar-refractivity contribution in [2.75, 3.05) is 24.2 Å². The average molecular weight is 351 g/mol. The lowest BCUT2D eigenvalue weighted by Crippen LogP contribution is -2.39. The third-order valence-corrected chi connectivity index (χ3v) is 4.94. The molecule has 0 aliphatic carbocycles. The molecule has 3 rings (SSSR count). The zero-order valence-electron chi connectivity index (χ0n) is 12.7. The van der Waals surface area contributed by atoms with Gasteiger partial charge in [0.05, 0.1) is 6.16 Å². The van der Waals surface area contributed by atoms with Gasteiger partial charge in [-0.3, -0.25) is 9.36 Å². The first-order chi connectivity index (χ1) is 11.2. The van der Waals surface area contributed by atoms with Crippen LogP contribution in [0.2, 0.25) is 0 Å². The standard InChI is InChI=1S/C15H18N3O5P/c16-9-4-8-5-10(17)7-12-13(8)11(6-9)14(19)18(15(12)20)2-1-3-24(21,22)23/h4-7,14,19H,1-3,16-17H2,(H2,21,22,23). The van der Waals surface area contributed by atoms with Crippen LogP contribution in [-0.2, 0) is 4.57 Å². The van der Waals surface area contributed by atoms with Crippen molar-refractivity contribution in [1.29, 1.82) is 0 Å². The van der Waals surface area contributed by atoms with E-state index in [4.69, 9.17) is 21.3 Å². The van der Waals surface area contributed by atoms with Crippen LogP contribution in [0.5, 0.6) is 0 Å². The Kier molecular flexibility index (Phi) is 4.01. The zero-order chi connectivity index (χ0) is 17.6. The van der Waals surface area contributed by atoms with Gasteiger partial charge in [-0.1, -0.05) is 0 Å². The Hall–Kier alpha value is -2.12. The molecule has 0 bridgehead atoms. The van der Waals surface area contributed by atoms with Gasteiger partial charge < -0.3 is 31.3 Å². The highest BCUT2D eigenvalue weighted by molar-refractivity contribution is 7.51. The molecule has 1 aliphatic rings. The Labute approximate surface area is 137 Å². The van der Waals surface area contributed by atoms with Gasteiger partial charge in [-0.25, -0.2) is 0 Å². The van der Waals surface area contributed by atoms with Gasteiger partial charge in [0.25, 0.3) is 5.91 Å². The van der Waals surface area contributed by atoms with Crippen molar-refractivity contribution in [3.05, 3.63) is 35.4 Å². The second-order valence-corrected chi connectivity index (χ2v) is 7.67. The molecule has 0 saturated carbocycles. The minimum absolute atomic E-state index is 0.00956. The van der Waals surface area contributed by atoms with E-state index in [-0.39, 0.29) is 19.1 Å². The molecule has 0 radical (unpaired) electrons. The van der Waals surface area contributed by atoms with E-state index in [9.17, 15) is 14.5 Å². The Morgan fingerprint density at radius 3 is 2.38 bits per heavy atom. The summed E-state index contributed by atoms with van der Waals surface area (Å²) in [6, 6.07) is 6.49. The number of amides is 1. The van der Waals surface area contributed by atoms with Crippen molar-refractivity contribution < 1.29 is 24.3 Å². The second-order valence-electron chi connectivity index (χ2n) is 5.89. The number of rotatable bonds is 4. The van der Waals surface area contributed by atoms with Crippen LogP contribution in [0.25, 0.3) is 10.8 Å². The molecule has 1 atom stereocenters. The molecular weight excluding hydrogens is 333 g/mol. The second kappa shape index (κ2) is 5.75. The monoisotopic (exact) mass is 351 g/mol. The van der Waals surface area contributed by atoms with Crippen LogP contribution in [0.15, 0.2) is 24.3 Å². The summed E-state index contributed by atoms with van der Waals surface area (Å²) in [5, 5.41) is 11.8. The topological polar surface area (TPSA) is 150 Å². The van der Waals surface area contributed by atoms with Crippen LogP contribution >= 0.6 is 7.60 Å². The van der Waals surface area contributed by atoms with Crippen LogP contribution in [0.3, 0.4) is 0 Å². The number of benzene rings is 2. The van der Waals surface area contributed by atoms with Crippen LogP contribution in [-0.4, -0.2) is 38.4 Å². The highest BCUT2D eigenvalue weighted by atomic mass is 31.2. The van der Waals surface area contributed by atoms with Gasteiger partial charge in [-0.05, 0) is 36.1 Å². The molecule has 0 saturated heterocycles. The summed E-state index contributed by atoms with van der Waals surface area (Å²) in [4.78, 5) is 31.8. The van der Waals surface area contributed by atoms with E-state index in [1.165, 1.54) is 11.0 Å². The lowest BCUT2D eigenvalue weighted by molar-refractivity contribution is 0.00494. The van der Waals surface area contributed by atoms with E-state index in [0.29, 0.717) is 33.3 Å². The minimum Gasteiger partial charge on any atom is -0.399 e. The predicted molar refractivity (Wildman–Crippen MR) is 90.3 cm³/mol. The lowest BCUT2D eigenvalue weighted by atomic mass is 9.92. The fourth-order valence-corrected chi connectivity index (χ4v) is 3.63. The first-order valence-electron chi connectivity index (χ1n) is 7.33. The molecule has 1 aliphatic heterocycles. The number of carbonyl (C=O) groups is 1. The Morgan fingerprint density at radius 2 is 1.75 bits per heavy atom. The fraction of sp³-hybridized carbons (Fsp3) is 0.267. The number of aliphatic hydroxyl groups excluding tert-OH is 1. The molecule has 0 spiro atoms. The molecule has 0 fully saturated rings. The summed E-state index contributed by atoms with van der Waals surface area (Å²) in [5.41, 5.74) is 13.4. The first kappa shape index (κ1) is 16.7. The Bertz CT molecular complexity index is 874. The molecule has 1 amide bonds. The summed E-state index contributed by atoms with van der Waals surface area (Å²) in [7, 11) is -4.16. The molecule has 8 nitrogen and oxygen atoms in total. The molecule has 1 heterocycles. The fourth-order valence-electron chi connectivity index (χ4n) is 3.07. The van der Waals surface area contributed by atoms with Gasteiger partial charge in [0.15, 0.2) is 6.23 Å². The van der Waals surface area contributed by atoms with E-state index in [0.717, 1.165) is 0 Å². The van der Waals surface area contributed by atoms with Gasteiger partial charge in [0, 0.05) is 34.4 Å². The maximum atomic E-state index is 12.7. The van der Waals surface area contributed by atoms with Crippen LogP contribution in [0.1, 0.15) is 28.6 Å². The number of nitrogens with zero attached hydrogens (tertiary/aromatic N) is 1. The van der Waals surface area contributed by atoms with Crippen LogP contribution in [0.4, 0.5) is 11.4 Å². The van der Waals surface area contributed by atoms with Gasteiger partial charge in [-0.2, -0.15) is 0 Å². The summed E-state index contributed by atoms with van der Waals surface area (Å²) in [5.74, 6) is -0.428. The van der Waals surface area contributed by atoms with E-state index in [2.05, 4.69) is 0 Å². The third-order valence-electron chi connectivity index (χ3n) is 4.04. The van der Waals surface area contributed by atoms with E-state index < -0.39 is 19.7 Å². The van der Waals surface area contributed by atoms with Gasteiger partial charge in [0.2, 0.25) is 0 Å². The van der Waals surface area contributed by atoms with Crippen LogP contribution < -0.4 is 11.5 Å². The van der Waals surface area contributed by atoms with Gasteiger partial charge in [-0.15, -0.1) is 0 Å². The predicted octanol–water partition coefficient (Wildman–Crippen LogP) is 1.02. The Morgan fingerprint density at radius 1 is 1.12 bits per heavy atom. The van der Waals surface area contributed by atoms with Crippen molar-refractivity contribution in [1.82, 2.24) is 4.90 Å². The van der Waals surface area contributed by atoms with E-state index in [1.807, 2.05) is 0 Å². The summed E-state index contributed by atoms with van der Waals surface area (Å²) >= 11 is 0. The summed E-state index contributed by atoms with van der Waals surface area (Å²) in [6.45, 7) is 0.00956. The molecule has 128 valence electrons. The number of hydrogen-bond acceptors (Lipinski definition) is 5. The van der Waals surface area contributed by atoms with Crippen LogP contribution in [0, 0.1) is 0 Å². The molecule has 24 heavy (non-hydrogen) atoms. The normalized spacial score (nSPS) is 17.5. The molecule has 9 heteroatoms. The number of hydrogen-bond donors (Lipinski definition) is 5. The summed E-state index contributed by atoms with van der Waals surface area (Å²) < 4.78 is 11.0. The maximum Gasteiger partial charge on any atom is 0.325 e. The van der Waals surface area contributed by atoms with Crippen molar-refractivity contribution in [2.24, 2.45) is 0 Å². The van der Waals surface area contributed by atoms with Gasteiger partial charge >= 0.3 is 7.60 Å². The largest absolute Gasteiger partial charge is 0.399 e. The molecule has 2 aromatic rings. The maximum absolute atomic E-state index is 12.7. The van der Waals surface area contributed by atoms with Crippen molar-refractivity contribution >= 4 is 35.7 Å². The van der Waals surface area contributed by atoms with E-state index >= 15 is 0 Å². The molecule has 0 aromatic heterocycles. The smallest absolute Gasteiger partial charge is 0.325 e. The molecule has 2 aromatic carbocycles.